The third-order valence-electron chi connectivity index (χ3n) is 3.03. The number of carbonyl (C=O) groups excluding carboxylic acids is 1. The standard InChI is InChI=1S/C11H12BrNO/c1-3-11(2)8-5-4-7(12)6-9(8)13-10(11)14/h4-6H,3H2,1-2H3,(H,13,14). The summed E-state index contributed by atoms with van der Waals surface area (Å²) in [5.41, 5.74) is 1.69. The van der Waals surface area contributed by atoms with Crippen LogP contribution in [0.5, 0.6) is 0 Å². The summed E-state index contributed by atoms with van der Waals surface area (Å²) in [6.45, 7) is 4.03. The fourth-order valence-corrected chi connectivity index (χ4v) is 2.20. The second-order valence-electron chi connectivity index (χ2n) is 3.83. The molecule has 0 bridgehead atoms. The first-order valence-electron chi connectivity index (χ1n) is 4.69. The van der Waals surface area contributed by atoms with Crippen molar-refractivity contribution in [1.29, 1.82) is 0 Å². The van der Waals surface area contributed by atoms with Crippen molar-refractivity contribution in [2.45, 2.75) is 25.7 Å². The Bertz CT molecular complexity index is 402. The Hall–Kier alpha value is -0.830. The van der Waals surface area contributed by atoms with Crippen LogP contribution in [0.3, 0.4) is 0 Å². The van der Waals surface area contributed by atoms with Crippen molar-refractivity contribution in [3.05, 3.63) is 28.2 Å². The molecule has 1 aromatic carbocycles. The minimum absolute atomic E-state index is 0.105. The molecule has 0 radical (unpaired) electrons. The van der Waals surface area contributed by atoms with E-state index in [0.29, 0.717) is 0 Å². The molecule has 1 unspecified atom stereocenters. The van der Waals surface area contributed by atoms with Crippen LogP contribution in [0.1, 0.15) is 25.8 Å². The zero-order chi connectivity index (χ0) is 10.3. The molecule has 1 atom stereocenters. The first-order chi connectivity index (χ1) is 6.58. The average molecular weight is 254 g/mol. The lowest BCUT2D eigenvalue weighted by atomic mass is 9.81. The first kappa shape index (κ1) is 9.71. The number of carbonyl (C=O) groups is 1. The number of hydrogen-bond acceptors (Lipinski definition) is 1. The molecule has 2 rings (SSSR count). The van der Waals surface area contributed by atoms with Crippen molar-refractivity contribution in [3.63, 3.8) is 0 Å². The molecule has 1 heterocycles. The Balaban J connectivity index is 2.59. The van der Waals surface area contributed by atoms with Gasteiger partial charge >= 0.3 is 0 Å². The summed E-state index contributed by atoms with van der Waals surface area (Å²) in [4.78, 5) is 11.8. The summed E-state index contributed by atoms with van der Waals surface area (Å²) < 4.78 is 0.997. The van der Waals surface area contributed by atoms with E-state index in [1.165, 1.54) is 0 Å². The van der Waals surface area contributed by atoms with Gasteiger partial charge in [0.05, 0.1) is 5.41 Å². The van der Waals surface area contributed by atoms with Gasteiger partial charge in [0, 0.05) is 10.2 Å². The van der Waals surface area contributed by atoms with Crippen molar-refractivity contribution in [2.24, 2.45) is 0 Å². The second kappa shape index (κ2) is 3.09. The maximum atomic E-state index is 11.8. The number of hydrogen-bond donors (Lipinski definition) is 1. The van der Waals surface area contributed by atoms with Crippen molar-refractivity contribution in [3.8, 4) is 0 Å². The van der Waals surface area contributed by atoms with Gasteiger partial charge in [0.25, 0.3) is 0 Å². The van der Waals surface area contributed by atoms with Crippen LogP contribution in [0.2, 0.25) is 0 Å². The van der Waals surface area contributed by atoms with E-state index in [9.17, 15) is 4.79 Å². The molecule has 0 saturated heterocycles. The van der Waals surface area contributed by atoms with E-state index in [1.807, 2.05) is 32.0 Å². The van der Waals surface area contributed by atoms with Crippen LogP contribution in [-0.4, -0.2) is 5.91 Å². The Kier molecular flexibility index (Phi) is 2.14. The highest BCUT2D eigenvalue weighted by molar-refractivity contribution is 9.10. The van der Waals surface area contributed by atoms with Gasteiger partial charge in [0.15, 0.2) is 0 Å². The Labute approximate surface area is 91.8 Å². The topological polar surface area (TPSA) is 29.1 Å². The van der Waals surface area contributed by atoms with Gasteiger partial charge in [-0.2, -0.15) is 0 Å². The predicted molar refractivity (Wildman–Crippen MR) is 60.4 cm³/mol. The summed E-state index contributed by atoms with van der Waals surface area (Å²) in [5, 5.41) is 2.91. The predicted octanol–water partition coefficient (Wildman–Crippen LogP) is 3.07. The third kappa shape index (κ3) is 1.19. The number of rotatable bonds is 1. The molecular formula is C11H12BrNO. The number of anilines is 1. The smallest absolute Gasteiger partial charge is 0.234 e. The van der Waals surface area contributed by atoms with E-state index in [4.69, 9.17) is 0 Å². The van der Waals surface area contributed by atoms with E-state index in [1.54, 1.807) is 0 Å². The number of amides is 1. The number of benzene rings is 1. The molecule has 1 N–H and O–H groups in total. The van der Waals surface area contributed by atoms with Crippen LogP contribution < -0.4 is 5.32 Å². The van der Waals surface area contributed by atoms with Gasteiger partial charge in [0.1, 0.15) is 0 Å². The van der Waals surface area contributed by atoms with E-state index < -0.39 is 0 Å². The molecule has 0 saturated carbocycles. The summed E-state index contributed by atoms with van der Waals surface area (Å²) in [6, 6.07) is 5.95. The van der Waals surface area contributed by atoms with Crippen LogP contribution >= 0.6 is 15.9 Å². The molecule has 1 amide bonds. The van der Waals surface area contributed by atoms with Crippen LogP contribution in [0.25, 0.3) is 0 Å². The van der Waals surface area contributed by atoms with Gasteiger partial charge in [-0.05, 0) is 31.0 Å². The normalized spacial score (nSPS) is 24.6. The van der Waals surface area contributed by atoms with Gasteiger partial charge in [-0.1, -0.05) is 28.9 Å². The Morgan fingerprint density at radius 3 is 2.86 bits per heavy atom. The summed E-state index contributed by atoms with van der Waals surface area (Å²) in [6.07, 6.45) is 0.827. The minimum atomic E-state index is -0.351. The molecule has 3 heteroatoms. The largest absolute Gasteiger partial charge is 0.325 e. The molecule has 1 aliphatic heterocycles. The number of halogens is 1. The molecule has 74 valence electrons. The van der Waals surface area contributed by atoms with Gasteiger partial charge in [0.2, 0.25) is 5.91 Å². The molecule has 0 aromatic heterocycles. The van der Waals surface area contributed by atoms with Crippen molar-refractivity contribution in [2.75, 3.05) is 5.32 Å². The molecule has 2 nitrogen and oxygen atoms in total. The molecule has 1 aromatic rings. The van der Waals surface area contributed by atoms with Crippen molar-refractivity contribution in [1.82, 2.24) is 0 Å². The van der Waals surface area contributed by atoms with Gasteiger partial charge in [-0.15, -0.1) is 0 Å². The molecule has 14 heavy (non-hydrogen) atoms. The maximum absolute atomic E-state index is 11.8. The lowest BCUT2D eigenvalue weighted by Gasteiger charge is -2.19. The van der Waals surface area contributed by atoms with Gasteiger partial charge < -0.3 is 5.32 Å². The Morgan fingerprint density at radius 1 is 1.50 bits per heavy atom. The second-order valence-corrected chi connectivity index (χ2v) is 4.75. The van der Waals surface area contributed by atoms with Crippen molar-refractivity contribution < 1.29 is 4.79 Å². The first-order valence-corrected chi connectivity index (χ1v) is 5.48. The lowest BCUT2D eigenvalue weighted by Crippen LogP contribution is -2.29. The summed E-state index contributed by atoms with van der Waals surface area (Å²) in [7, 11) is 0. The van der Waals surface area contributed by atoms with Crippen LogP contribution in [0.15, 0.2) is 22.7 Å². The zero-order valence-corrected chi connectivity index (χ0v) is 9.81. The van der Waals surface area contributed by atoms with Crippen molar-refractivity contribution >= 4 is 27.5 Å². The molecule has 0 aliphatic carbocycles. The molecular weight excluding hydrogens is 242 g/mol. The highest BCUT2D eigenvalue weighted by atomic mass is 79.9. The summed E-state index contributed by atoms with van der Waals surface area (Å²) >= 11 is 3.39. The highest BCUT2D eigenvalue weighted by Crippen LogP contribution is 2.40. The molecule has 1 aliphatic rings. The van der Waals surface area contributed by atoms with Crippen LogP contribution in [-0.2, 0) is 10.2 Å². The average Bonchev–Trinajstić information content (AvgIpc) is 2.39. The summed E-state index contributed by atoms with van der Waals surface area (Å²) in [5.74, 6) is 0.105. The van der Waals surface area contributed by atoms with E-state index >= 15 is 0 Å². The van der Waals surface area contributed by atoms with E-state index in [-0.39, 0.29) is 11.3 Å². The molecule has 0 spiro atoms. The van der Waals surface area contributed by atoms with E-state index in [0.717, 1.165) is 22.1 Å². The Morgan fingerprint density at radius 2 is 2.21 bits per heavy atom. The highest BCUT2D eigenvalue weighted by Gasteiger charge is 2.40. The van der Waals surface area contributed by atoms with Gasteiger partial charge in [-0.25, -0.2) is 0 Å². The number of nitrogens with one attached hydrogen (secondary N) is 1. The van der Waals surface area contributed by atoms with Crippen LogP contribution in [0, 0.1) is 0 Å². The quantitative estimate of drug-likeness (QED) is 0.819. The fraction of sp³-hybridized carbons (Fsp3) is 0.364. The third-order valence-corrected chi connectivity index (χ3v) is 3.53. The number of fused-ring (bicyclic) bond motifs is 1. The van der Waals surface area contributed by atoms with E-state index in [2.05, 4.69) is 21.2 Å². The minimum Gasteiger partial charge on any atom is -0.325 e. The maximum Gasteiger partial charge on any atom is 0.234 e. The molecule has 0 fully saturated rings. The SMILES string of the molecule is CCC1(C)C(=O)Nc2cc(Br)ccc21. The lowest BCUT2D eigenvalue weighted by molar-refractivity contribution is -0.120. The monoisotopic (exact) mass is 253 g/mol. The fourth-order valence-electron chi connectivity index (χ4n) is 1.83. The van der Waals surface area contributed by atoms with Gasteiger partial charge in [-0.3, -0.25) is 4.79 Å². The van der Waals surface area contributed by atoms with Crippen LogP contribution in [0.4, 0.5) is 5.69 Å². The zero-order valence-electron chi connectivity index (χ0n) is 8.23.